The van der Waals surface area contributed by atoms with E-state index in [4.69, 9.17) is 5.11 Å². The van der Waals surface area contributed by atoms with Gasteiger partial charge in [0.05, 0.1) is 12.2 Å². The summed E-state index contributed by atoms with van der Waals surface area (Å²) in [5.74, 6) is -2.44. The molecular weight excluding hydrogens is 475 g/mol. The molecule has 0 saturated heterocycles. The maximum atomic E-state index is 13.7. The first kappa shape index (κ1) is 24.9. The number of carbonyl (C=O) groups is 1. The minimum Gasteiger partial charge on any atom is -0.406 e. The van der Waals surface area contributed by atoms with Gasteiger partial charge in [-0.15, -0.1) is 13.2 Å². The largest absolute Gasteiger partial charge is 0.573 e. The van der Waals surface area contributed by atoms with Gasteiger partial charge in [0.1, 0.15) is 17.3 Å². The molecule has 1 atom stereocenters. The van der Waals surface area contributed by atoms with E-state index in [0.717, 1.165) is 30.3 Å². The number of amides is 1. The molecule has 0 aliphatic heterocycles. The standard InChI is InChI=1S/C21H14F7N3O3/c22-13-3-1-2-12(8-13)18-30-15(11-4-6-14(7-5-11)34-21(26,27)28)9-16(31-18)19(33)29-10-17(32)20(23,24)25/h1-9,17,32H,10H2,(H,29,33). The van der Waals surface area contributed by atoms with Crippen LogP contribution in [0.4, 0.5) is 30.7 Å². The minimum atomic E-state index is -4.96. The van der Waals surface area contributed by atoms with Gasteiger partial charge in [-0.05, 0) is 42.5 Å². The second-order valence-corrected chi connectivity index (χ2v) is 6.81. The highest BCUT2D eigenvalue weighted by molar-refractivity contribution is 5.93. The quantitative estimate of drug-likeness (QED) is 0.499. The smallest absolute Gasteiger partial charge is 0.406 e. The molecule has 2 aromatic carbocycles. The number of hydrogen-bond donors (Lipinski definition) is 2. The van der Waals surface area contributed by atoms with Crippen LogP contribution in [-0.4, -0.2) is 46.2 Å². The summed E-state index contributed by atoms with van der Waals surface area (Å²) in [6.45, 7) is -1.15. The molecule has 0 radical (unpaired) electrons. The van der Waals surface area contributed by atoms with Crippen molar-refractivity contribution < 1.29 is 45.4 Å². The van der Waals surface area contributed by atoms with E-state index in [1.807, 2.05) is 5.32 Å². The monoisotopic (exact) mass is 489 g/mol. The molecular formula is C21H14F7N3O3. The summed E-state index contributed by atoms with van der Waals surface area (Å²) in [6.07, 6.45) is -12.7. The normalized spacial score (nSPS) is 12.8. The van der Waals surface area contributed by atoms with Crippen LogP contribution >= 0.6 is 0 Å². The Morgan fingerprint density at radius 3 is 2.24 bits per heavy atom. The number of ether oxygens (including phenoxy) is 1. The van der Waals surface area contributed by atoms with E-state index in [1.165, 1.54) is 24.3 Å². The first-order valence-corrected chi connectivity index (χ1v) is 9.36. The molecule has 6 nitrogen and oxygen atoms in total. The van der Waals surface area contributed by atoms with Crippen LogP contribution in [0.25, 0.3) is 22.6 Å². The first-order valence-electron chi connectivity index (χ1n) is 9.36. The van der Waals surface area contributed by atoms with E-state index in [1.54, 1.807) is 0 Å². The van der Waals surface area contributed by atoms with Crippen LogP contribution in [0.1, 0.15) is 10.5 Å². The van der Waals surface area contributed by atoms with Crippen molar-refractivity contribution in [2.45, 2.75) is 18.6 Å². The van der Waals surface area contributed by atoms with Gasteiger partial charge < -0.3 is 15.2 Å². The third-order valence-electron chi connectivity index (χ3n) is 4.26. The van der Waals surface area contributed by atoms with Gasteiger partial charge in [-0.1, -0.05) is 12.1 Å². The first-order chi connectivity index (χ1) is 15.8. The van der Waals surface area contributed by atoms with Crippen molar-refractivity contribution in [3.63, 3.8) is 0 Å². The van der Waals surface area contributed by atoms with E-state index < -0.39 is 48.4 Å². The summed E-state index contributed by atoms with van der Waals surface area (Å²) < 4.78 is 92.1. The Morgan fingerprint density at radius 2 is 1.65 bits per heavy atom. The Hall–Kier alpha value is -3.74. The zero-order chi connectivity index (χ0) is 25.1. The molecule has 0 aliphatic carbocycles. The fourth-order valence-electron chi connectivity index (χ4n) is 2.69. The molecule has 2 N–H and O–H groups in total. The topological polar surface area (TPSA) is 84.3 Å². The number of rotatable bonds is 6. The van der Waals surface area contributed by atoms with E-state index in [0.29, 0.717) is 0 Å². The Kier molecular flexibility index (Phi) is 7.05. The number of hydrogen-bond acceptors (Lipinski definition) is 5. The van der Waals surface area contributed by atoms with Crippen LogP contribution in [-0.2, 0) is 0 Å². The van der Waals surface area contributed by atoms with E-state index in [9.17, 15) is 35.5 Å². The molecule has 0 spiro atoms. The lowest BCUT2D eigenvalue weighted by Crippen LogP contribution is -2.40. The average Bonchev–Trinajstić information content (AvgIpc) is 2.75. The number of halogens is 7. The highest BCUT2D eigenvalue weighted by Crippen LogP contribution is 2.28. The lowest BCUT2D eigenvalue weighted by molar-refractivity contribution is -0.274. The van der Waals surface area contributed by atoms with Gasteiger partial charge >= 0.3 is 12.5 Å². The zero-order valence-electron chi connectivity index (χ0n) is 16.8. The predicted molar refractivity (Wildman–Crippen MR) is 104 cm³/mol. The molecule has 0 saturated carbocycles. The molecule has 1 heterocycles. The van der Waals surface area contributed by atoms with Gasteiger partial charge in [0.2, 0.25) is 0 Å². The number of nitrogens with one attached hydrogen (secondary N) is 1. The lowest BCUT2D eigenvalue weighted by Gasteiger charge is -2.15. The summed E-state index contributed by atoms with van der Waals surface area (Å²) in [6, 6.07) is 10.4. The third-order valence-corrected chi connectivity index (χ3v) is 4.26. The lowest BCUT2D eigenvalue weighted by atomic mass is 10.1. The molecule has 3 rings (SSSR count). The van der Waals surface area contributed by atoms with Crippen LogP contribution in [0.2, 0.25) is 0 Å². The second-order valence-electron chi connectivity index (χ2n) is 6.81. The number of aliphatic hydroxyl groups is 1. The fraction of sp³-hybridized carbons (Fsp3) is 0.190. The number of benzene rings is 2. The summed E-state index contributed by atoms with van der Waals surface area (Å²) in [5, 5.41) is 11.0. The highest BCUT2D eigenvalue weighted by atomic mass is 19.4. The predicted octanol–water partition coefficient (Wildman–Crippen LogP) is 4.50. The maximum absolute atomic E-state index is 13.7. The molecule has 1 amide bonds. The van der Waals surface area contributed by atoms with Crippen molar-refractivity contribution in [2.75, 3.05) is 6.54 Å². The van der Waals surface area contributed by atoms with Crippen molar-refractivity contribution >= 4 is 5.91 Å². The van der Waals surface area contributed by atoms with E-state index >= 15 is 0 Å². The molecule has 3 aromatic rings. The Labute approximate surface area is 187 Å². The summed E-state index contributed by atoms with van der Waals surface area (Å²) >= 11 is 0. The summed E-state index contributed by atoms with van der Waals surface area (Å²) in [4.78, 5) is 20.6. The number of aromatic nitrogens is 2. The Morgan fingerprint density at radius 1 is 0.971 bits per heavy atom. The van der Waals surface area contributed by atoms with Gasteiger partial charge in [-0.25, -0.2) is 14.4 Å². The van der Waals surface area contributed by atoms with Crippen molar-refractivity contribution in [3.8, 4) is 28.4 Å². The van der Waals surface area contributed by atoms with Gasteiger partial charge in [-0.3, -0.25) is 4.79 Å². The molecule has 1 unspecified atom stereocenters. The molecule has 0 fully saturated rings. The van der Waals surface area contributed by atoms with Crippen LogP contribution in [0.3, 0.4) is 0 Å². The average molecular weight is 489 g/mol. The minimum absolute atomic E-state index is 0.00865. The van der Waals surface area contributed by atoms with Crippen LogP contribution < -0.4 is 10.1 Å². The summed E-state index contributed by atoms with van der Waals surface area (Å²) in [7, 11) is 0. The van der Waals surface area contributed by atoms with E-state index in [2.05, 4.69) is 14.7 Å². The highest BCUT2D eigenvalue weighted by Gasteiger charge is 2.38. The van der Waals surface area contributed by atoms with Crippen molar-refractivity contribution in [2.24, 2.45) is 0 Å². The number of aliphatic hydroxyl groups excluding tert-OH is 1. The van der Waals surface area contributed by atoms with E-state index in [-0.39, 0.29) is 22.6 Å². The number of alkyl halides is 6. The zero-order valence-corrected chi connectivity index (χ0v) is 16.8. The Balaban J connectivity index is 1.97. The maximum Gasteiger partial charge on any atom is 0.573 e. The Bertz CT molecular complexity index is 1170. The number of carbonyl (C=O) groups excluding carboxylic acids is 1. The van der Waals surface area contributed by atoms with Gasteiger partial charge in [0, 0.05) is 11.1 Å². The van der Waals surface area contributed by atoms with Gasteiger partial charge in [0.25, 0.3) is 5.91 Å². The van der Waals surface area contributed by atoms with Crippen molar-refractivity contribution in [1.82, 2.24) is 15.3 Å². The summed E-state index contributed by atoms with van der Waals surface area (Å²) in [5.41, 5.74) is -0.0780. The van der Waals surface area contributed by atoms with Gasteiger partial charge in [-0.2, -0.15) is 13.2 Å². The second kappa shape index (κ2) is 9.63. The van der Waals surface area contributed by atoms with Crippen LogP contribution in [0.5, 0.6) is 5.75 Å². The van der Waals surface area contributed by atoms with Crippen molar-refractivity contribution in [3.05, 3.63) is 66.1 Å². The SMILES string of the molecule is O=C(NCC(O)C(F)(F)F)c1cc(-c2ccc(OC(F)(F)F)cc2)nc(-c2cccc(F)c2)n1. The van der Waals surface area contributed by atoms with Crippen LogP contribution in [0.15, 0.2) is 54.6 Å². The molecule has 0 bridgehead atoms. The molecule has 0 aliphatic rings. The molecule has 1 aromatic heterocycles. The number of nitrogens with zero attached hydrogens (tertiary/aromatic N) is 2. The van der Waals surface area contributed by atoms with Crippen LogP contribution in [0, 0.1) is 5.82 Å². The van der Waals surface area contributed by atoms with Crippen molar-refractivity contribution in [1.29, 1.82) is 0 Å². The molecule has 13 heteroatoms. The molecule has 34 heavy (non-hydrogen) atoms. The molecule has 180 valence electrons. The third kappa shape index (κ3) is 6.63. The van der Waals surface area contributed by atoms with Gasteiger partial charge in [0.15, 0.2) is 11.9 Å². The fourth-order valence-corrected chi connectivity index (χ4v) is 2.69.